The van der Waals surface area contributed by atoms with Crippen molar-refractivity contribution in [3.63, 3.8) is 0 Å². The van der Waals surface area contributed by atoms with Gasteiger partial charge in [0.25, 0.3) is 5.91 Å². The maximum atomic E-state index is 11.1. The van der Waals surface area contributed by atoms with Gasteiger partial charge in [-0.05, 0) is 25.1 Å². The van der Waals surface area contributed by atoms with Crippen LogP contribution >= 0.6 is 0 Å². The average molecular weight is 217 g/mol. The molecular weight excluding hydrogens is 206 g/mol. The maximum absolute atomic E-state index is 11.1. The number of carbonyl (C=O) groups excluding carboxylic acids is 1. The topological polar surface area (TPSA) is 74.2 Å². The summed E-state index contributed by atoms with van der Waals surface area (Å²) in [6.07, 6.45) is 0. The molecule has 1 unspecified atom stereocenters. The van der Waals surface area contributed by atoms with Crippen molar-refractivity contribution in [2.45, 2.75) is 13.0 Å². The molecule has 2 N–H and O–H groups in total. The van der Waals surface area contributed by atoms with Crippen LogP contribution in [0.1, 0.15) is 6.92 Å². The summed E-state index contributed by atoms with van der Waals surface area (Å²) < 4.78 is 5.22. The minimum atomic E-state index is -0.279. The van der Waals surface area contributed by atoms with Gasteiger partial charge in [0.2, 0.25) is 0 Å². The summed E-state index contributed by atoms with van der Waals surface area (Å²) in [4.78, 5) is 11.1. The van der Waals surface area contributed by atoms with Gasteiger partial charge in [-0.1, -0.05) is 0 Å². The summed E-state index contributed by atoms with van der Waals surface area (Å²) in [5, 5.41) is 14.4. The van der Waals surface area contributed by atoms with Gasteiger partial charge in [-0.15, -0.1) is 0 Å². The van der Waals surface area contributed by atoms with E-state index >= 15 is 0 Å². The normalized spacial score (nSPS) is 15.1. The first-order valence-electron chi connectivity index (χ1n) is 4.92. The Morgan fingerprint density at radius 3 is 3.19 bits per heavy atom. The van der Waals surface area contributed by atoms with Crippen LogP contribution < -0.4 is 15.4 Å². The summed E-state index contributed by atoms with van der Waals surface area (Å²) in [5.74, 6) is 0.479. The molecule has 0 saturated carbocycles. The van der Waals surface area contributed by atoms with Crippen molar-refractivity contribution in [2.75, 3.05) is 17.2 Å². The standard InChI is InChI=1S/C11H11N3O2/c1-7(5-12)13-8-2-3-10-9(4-8)14-11(15)6-16-10/h2-4,7,13H,6H2,1H3,(H,14,15). The quantitative estimate of drug-likeness (QED) is 0.784. The molecule has 0 fully saturated rings. The lowest BCUT2D eigenvalue weighted by molar-refractivity contribution is -0.118. The van der Waals surface area contributed by atoms with Gasteiger partial charge in [0.15, 0.2) is 6.61 Å². The van der Waals surface area contributed by atoms with Gasteiger partial charge in [0.1, 0.15) is 11.8 Å². The minimum Gasteiger partial charge on any atom is -0.482 e. The van der Waals surface area contributed by atoms with E-state index in [-0.39, 0.29) is 18.6 Å². The predicted octanol–water partition coefficient (Wildman–Crippen LogP) is 1.34. The smallest absolute Gasteiger partial charge is 0.262 e. The van der Waals surface area contributed by atoms with Crippen LogP contribution in [0.4, 0.5) is 11.4 Å². The maximum Gasteiger partial charge on any atom is 0.262 e. The molecule has 1 atom stereocenters. The molecule has 0 saturated heterocycles. The van der Waals surface area contributed by atoms with Crippen LogP contribution in [0.15, 0.2) is 18.2 Å². The van der Waals surface area contributed by atoms with Crippen molar-refractivity contribution < 1.29 is 9.53 Å². The third kappa shape index (κ3) is 2.06. The summed E-state index contributed by atoms with van der Waals surface area (Å²) in [7, 11) is 0. The fourth-order valence-electron chi connectivity index (χ4n) is 1.46. The molecule has 1 aliphatic rings. The minimum absolute atomic E-state index is 0.0500. The zero-order chi connectivity index (χ0) is 11.5. The molecule has 1 aliphatic heterocycles. The van der Waals surface area contributed by atoms with E-state index < -0.39 is 0 Å². The van der Waals surface area contributed by atoms with Gasteiger partial charge in [0.05, 0.1) is 11.8 Å². The second-order valence-electron chi connectivity index (χ2n) is 3.54. The van der Waals surface area contributed by atoms with Crippen LogP contribution in [0, 0.1) is 11.3 Å². The first-order valence-corrected chi connectivity index (χ1v) is 4.92. The van der Waals surface area contributed by atoms with Crippen molar-refractivity contribution >= 4 is 17.3 Å². The van der Waals surface area contributed by atoms with Crippen molar-refractivity contribution in [3.8, 4) is 11.8 Å². The highest BCUT2D eigenvalue weighted by atomic mass is 16.5. The number of carbonyl (C=O) groups is 1. The van der Waals surface area contributed by atoms with Crippen LogP contribution in [0.25, 0.3) is 0 Å². The number of amides is 1. The Morgan fingerprint density at radius 2 is 2.44 bits per heavy atom. The van der Waals surface area contributed by atoms with Crippen molar-refractivity contribution in [1.82, 2.24) is 0 Å². The summed E-state index contributed by atoms with van der Waals surface area (Å²) in [5.41, 5.74) is 1.41. The SMILES string of the molecule is CC(C#N)Nc1ccc2c(c1)NC(=O)CO2. The lowest BCUT2D eigenvalue weighted by Crippen LogP contribution is -2.25. The number of hydrogen-bond acceptors (Lipinski definition) is 4. The van der Waals surface area contributed by atoms with Gasteiger partial charge in [0, 0.05) is 5.69 Å². The molecule has 5 heteroatoms. The summed E-state index contributed by atoms with van der Waals surface area (Å²) >= 11 is 0. The lowest BCUT2D eigenvalue weighted by Gasteiger charge is -2.19. The van der Waals surface area contributed by atoms with Gasteiger partial charge < -0.3 is 15.4 Å². The fraction of sp³-hybridized carbons (Fsp3) is 0.273. The second kappa shape index (κ2) is 4.11. The number of rotatable bonds is 2. The molecule has 1 aromatic rings. The van der Waals surface area contributed by atoms with Crippen LogP contribution in [0.3, 0.4) is 0 Å². The number of fused-ring (bicyclic) bond motifs is 1. The number of nitrogens with zero attached hydrogens (tertiary/aromatic N) is 1. The van der Waals surface area contributed by atoms with Crippen LogP contribution in [-0.2, 0) is 4.79 Å². The number of anilines is 2. The van der Waals surface area contributed by atoms with Gasteiger partial charge in [-0.2, -0.15) is 5.26 Å². The monoisotopic (exact) mass is 217 g/mol. The Morgan fingerprint density at radius 1 is 1.62 bits per heavy atom. The Hall–Kier alpha value is -2.22. The Balaban J connectivity index is 2.22. The van der Waals surface area contributed by atoms with Gasteiger partial charge in [-0.25, -0.2) is 0 Å². The number of nitriles is 1. The first kappa shape index (κ1) is 10.3. The second-order valence-corrected chi connectivity index (χ2v) is 3.54. The van der Waals surface area contributed by atoms with Crippen molar-refractivity contribution in [3.05, 3.63) is 18.2 Å². The van der Waals surface area contributed by atoms with E-state index in [1.807, 2.05) is 6.07 Å². The molecule has 1 heterocycles. The average Bonchev–Trinajstić information content (AvgIpc) is 2.28. The van der Waals surface area contributed by atoms with Crippen LogP contribution in [0.5, 0.6) is 5.75 Å². The van der Waals surface area contributed by atoms with Gasteiger partial charge >= 0.3 is 0 Å². The Kier molecular flexibility index (Phi) is 2.64. The number of benzene rings is 1. The van der Waals surface area contributed by atoms with Gasteiger partial charge in [-0.3, -0.25) is 4.79 Å². The zero-order valence-corrected chi connectivity index (χ0v) is 8.78. The molecule has 1 aromatic carbocycles. The van der Waals surface area contributed by atoms with Crippen LogP contribution in [0.2, 0.25) is 0 Å². The molecule has 0 spiro atoms. The molecule has 16 heavy (non-hydrogen) atoms. The van der Waals surface area contributed by atoms with E-state index in [9.17, 15) is 4.79 Å². The first-order chi connectivity index (χ1) is 7.69. The third-order valence-corrected chi connectivity index (χ3v) is 2.19. The van der Waals surface area contributed by atoms with E-state index in [1.165, 1.54) is 0 Å². The molecule has 5 nitrogen and oxygen atoms in total. The summed E-state index contributed by atoms with van der Waals surface area (Å²) in [6, 6.07) is 7.12. The third-order valence-electron chi connectivity index (χ3n) is 2.19. The predicted molar refractivity (Wildman–Crippen MR) is 59.3 cm³/mol. The Labute approximate surface area is 93.0 Å². The highest BCUT2D eigenvalue weighted by Gasteiger charge is 2.16. The molecule has 0 bridgehead atoms. The summed E-state index contributed by atoms with van der Waals surface area (Å²) in [6.45, 7) is 1.81. The largest absolute Gasteiger partial charge is 0.482 e. The van der Waals surface area contributed by atoms with Crippen molar-refractivity contribution in [2.24, 2.45) is 0 Å². The highest BCUT2D eigenvalue weighted by molar-refractivity contribution is 5.96. The molecular formula is C11H11N3O2. The zero-order valence-electron chi connectivity index (χ0n) is 8.78. The molecule has 0 aliphatic carbocycles. The molecule has 0 radical (unpaired) electrons. The van der Waals surface area contributed by atoms with Crippen molar-refractivity contribution in [1.29, 1.82) is 5.26 Å². The fourth-order valence-corrected chi connectivity index (χ4v) is 1.46. The Bertz CT molecular complexity index is 465. The highest BCUT2D eigenvalue weighted by Crippen LogP contribution is 2.30. The van der Waals surface area contributed by atoms with E-state index in [0.717, 1.165) is 5.69 Å². The number of ether oxygens (including phenoxy) is 1. The molecule has 0 aromatic heterocycles. The van der Waals surface area contributed by atoms with E-state index in [0.29, 0.717) is 11.4 Å². The molecule has 82 valence electrons. The number of nitrogens with one attached hydrogen (secondary N) is 2. The van der Waals surface area contributed by atoms with E-state index in [1.54, 1.807) is 19.1 Å². The van der Waals surface area contributed by atoms with E-state index in [2.05, 4.69) is 16.7 Å². The lowest BCUT2D eigenvalue weighted by atomic mass is 10.2. The van der Waals surface area contributed by atoms with Crippen LogP contribution in [-0.4, -0.2) is 18.6 Å². The number of hydrogen-bond donors (Lipinski definition) is 2. The van der Waals surface area contributed by atoms with E-state index in [4.69, 9.17) is 10.00 Å². The molecule has 1 amide bonds. The molecule has 2 rings (SSSR count).